The highest BCUT2D eigenvalue weighted by Gasteiger charge is 2.37. The summed E-state index contributed by atoms with van der Waals surface area (Å²) >= 11 is 0. The Morgan fingerprint density at radius 1 is 1.20 bits per heavy atom. The molecule has 1 saturated heterocycles. The number of hydrogen-bond donors (Lipinski definition) is 2. The molecule has 1 aliphatic carbocycles. The van der Waals surface area contributed by atoms with Gasteiger partial charge in [-0.3, -0.25) is 9.59 Å². The lowest BCUT2D eigenvalue weighted by atomic mass is 10.0. The van der Waals surface area contributed by atoms with Crippen LogP contribution in [0.25, 0.3) is 10.9 Å². The molecule has 5 rings (SSSR count). The van der Waals surface area contributed by atoms with Crippen LogP contribution in [-0.2, 0) is 16.1 Å². The van der Waals surface area contributed by atoms with Crippen molar-refractivity contribution in [3.8, 4) is 0 Å². The van der Waals surface area contributed by atoms with Crippen LogP contribution in [0.3, 0.4) is 0 Å². The number of rotatable bonds is 9. The highest BCUT2D eigenvalue weighted by molar-refractivity contribution is 6.04. The first-order chi connectivity index (χ1) is 19.4. The Morgan fingerprint density at radius 2 is 1.95 bits per heavy atom. The van der Waals surface area contributed by atoms with Crippen LogP contribution in [0, 0.1) is 5.82 Å². The van der Waals surface area contributed by atoms with Crippen LogP contribution in [0.5, 0.6) is 0 Å². The number of pyridine rings is 1. The maximum atomic E-state index is 15.8. The van der Waals surface area contributed by atoms with E-state index in [0.29, 0.717) is 6.29 Å². The first-order valence-corrected chi connectivity index (χ1v) is 13.2. The van der Waals surface area contributed by atoms with E-state index in [1.54, 1.807) is 16.4 Å². The third kappa shape index (κ3) is 5.29. The molecule has 0 radical (unpaired) electrons. The fourth-order valence-corrected chi connectivity index (χ4v) is 5.31. The lowest BCUT2D eigenvalue weighted by Gasteiger charge is -2.28. The van der Waals surface area contributed by atoms with Crippen molar-refractivity contribution in [3.05, 3.63) is 75.3 Å². The number of amides is 1. The summed E-state index contributed by atoms with van der Waals surface area (Å²) < 4.78 is 27.8. The number of fused-ring (bicyclic) bond motifs is 1. The lowest BCUT2D eigenvalue weighted by molar-refractivity contribution is 0.0524. The van der Waals surface area contributed by atoms with Crippen LogP contribution in [0.1, 0.15) is 58.5 Å². The van der Waals surface area contributed by atoms with Crippen LogP contribution in [0.15, 0.2) is 47.4 Å². The van der Waals surface area contributed by atoms with Gasteiger partial charge in [-0.15, -0.1) is 0 Å². The number of aldehydes is 1. The van der Waals surface area contributed by atoms with Crippen molar-refractivity contribution in [3.63, 3.8) is 0 Å². The molecule has 10 nitrogen and oxygen atoms in total. The summed E-state index contributed by atoms with van der Waals surface area (Å²) in [5, 5.41) is 12.8. The van der Waals surface area contributed by atoms with Crippen LogP contribution >= 0.6 is 0 Å². The molecule has 1 aliphatic heterocycles. The molecule has 11 heteroatoms. The average Bonchev–Trinajstić information content (AvgIpc) is 3.72. The van der Waals surface area contributed by atoms with Crippen molar-refractivity contribution in [1.82, 2.24) is 9.88 Å². The minimum atomic E-state index is -0.846. The second kappa shape index (κ2) is 11.5. The number of carbonyl (C=O) groups excluding carboxylic acids is 3. The summed E-state index contributed by atoms with van der Waals surface area (Å²) in [6.07, 6.45) is 3.04. The normalized spacial score (nSPS) is 18.5. The first kappa shape index (κ1) is 27.3. The van der Waals surface area contributed by atoms with Crippen LogP contribution in [-0.4, -0.2) is 59.9 Å². The smallest absolute Gasteiger partial charge is 0.407 e. The third-order valence-electron chi connectivity index (χ3n) is 7.28. The van der Waals surface area contributed by atoms with E-state index in [2.05, 4.69) is 5.32 Å². The molecule has 1 aromatic heterocycles. The number of hydrogen-bond acceptors (Lipinski definition) is 8. The maximum absolute atomic E-state index is 15.8. The molecule has 2 fully saturated rings. The SMILES string of the molecule is CCOC(=O)c1cn(C2CC2)c2c(C=O)c(N3C[C@H](NC(=O)OCc4ccccc4)C[C@H]3CO)c(F)cc2c1=O. The molecule has 2 N–H and O–H groups in total. The van der Waals surface area contributed by atoms with E-state index in [9.17, 15) is 24.3 Å². The molecule has 0 bridgehead atoms. The largest absolute Gasteiger partial charge is 0.462 e. The van der Waals surface area contributed by atoms with Crippen molar-refractivity contribution in [1.29, 1.82) is 0 Å². The molecule has 1 saturated carbocycles. The predicted molar refractivity (Wildman–Crippen MR) is 144 cm³/mol. The molecule has 1 amide bonds. The van der Waals surface area contributed by atoms with E-state index in [-0.39, 0.29) is 66.5 Å². The number of nitrogens with zero attached hydrogens (tertiary/aromatic N) is 2. The Labute approximate surface area is 229 Å². The fourth-order valence-electron chi connectivity index (χ4n) is 5.31. The Kier molecular flexibility index (Phi) is 7.83. The number of aliphatic hydroxyl groups is 1. The van der Waals surface area contributed by atoms with Gasteiger partial charge < -0.3 is 29.4 Å². The van der Waals surface area contributed by atoms with Crippen molar-refractivity contribution in [2.24, 2.45) is 0 Å². The van der Waals surface area contributed by atoms with Crippen molar-refractivity contribution >= 4 is 34.9 Å². The average molecular weight is 552 g/mol. The number of halogens is 1. The van der Waals surface area contributed by atoms with Crippen LogP contribution in [0.4, 0.5) is 14.9 Å². The molecule has 2 aliphatic rings. The number of aromatic nitrogens is 1. The van der Waals surface area contributed by atoms with E-state index in [1.807, 2.05) is 30.3 Å². The van der Waals surface area contributed by atoms with Gasteiger partial charge in [-0.1, -0.05) is 30.3 Å². The maximum Gasteiger partial charge on any atom is 0.407 e. The van der Waals surface area contributed by atoms with Crippen LogP contribution < -0.4 is 15.6 Å². The second-order valence-electron chi connectivity index (χ2n) is 9.99. The quantitative estimate of drug-likeness (QED) is 0.306. The number of benzene rings is 2. The zero-order valence-corrected chi connectivity index (χ0v) is 22.0. The Bertz CT molecular complexity index is 1500. The van der Waals surface area contributed by atoms with Crippen LogP contribution in [0.2, 0.25) is 0 Å². The number of alkyl carbamates (subject to hydrolysis) is 1. The third-order valence-corrected chi connectivity index (χ3v) is 7.28. The summed E-state index contributed by atoms with van der Waals surface area (Å²) in [6.45, 7) is 1.51. The minimum Gasteiger partial charge on any atom is -0.462 e. The Balaban J connectivity index is 1.48. The number of aliphatic hydroxyl groups excluding tert-OH is 1. The van der Waals surface area contributed by atoms with Gasteiger partial charge in [-0.25, -0.2) is 14.0 Å². The topological polar surface area (TPSA) is 127 Å². The summed E-state index contributed by atoms with van der Waals surface area (Å²) in [7, 11) is 0. The molecular weight excluding hydrogens is 521 g/mol. The molecule has 2 aromatic carbocycles. The Morgan fingerprint density at radius 3 is 2.60 bits per heavy atom. The van der Waals surface area contributed by atoms with Gasteiger partial charge in [0.15, 0.2) is 6.29 Å². The minimum absolute atomic E-state index is 0.0554. The number of nitrogens with one attached hydrogen (secondary N) is 1. The first-order valence-electron chi connectivity index (χ1n) is 13.2. The number of anilines is 1. The van der Waals surface area contributed by atoms with Gasteiger partial charge in [0.1, 0.15) is 18.0 Å². The summed E-state index contributed by atoms with van der Waals surface area (Å²) in [6, 6.07) is 9.05. The Hall–Kier alpha value is -4.25. The standard InChI is InChI=1S/C29H30FN3O7/c1-2-39-28(37)22-13-33(19-8-9-19)25-21(27(22)36)11-24(30)26(23(25)15-35)32-12-18(10-20(32)14-34)31-29(38)40-16-17-6-4-3-5-7-17/h3-7,11,13,15,18-20,34H,2,8-10,12,14,16H2,1H3,(H,31,38)/t18-,20+/m1/s1. The summed E-state index contributed by atoms with van der Waals surface area (Å²) in [4.78, 5) is 52.2. The highest BCUT2D eigenvalue weighted by atomic mass is 19.1. The number of carbonyl (C=O) groups is 3. The van der Waals surface area contributed by atoms with Gasteiger partial charge in [0.05, 0.1) is 47.5 Å². The molecule has 0 spiro atoms. The monoisotopic (exact) mass is 551 g/mol. The fraction of sp³-hybridized carbons (Fsp3) is 0.379. The number of ether oxygens (including phenoxy) is 2. The van der Waals surface area contributed by atoms with Gasteiger partial charge in [-0.2, -0.15) is 0 Å². The van der Waals surface area contributed by atoms with Gasteiger partial charge in [0.2, 0.25) is 5.43 Å². The zero-order chi connectivity index (χ0) is 28.4. The predicted octanol–water partition coefficient (Wildman–Crippen LogP) is 3.33. The summed E-state index contributed by atoms with van der Waals surface area (Å²) in [5.41, 5.74) is -0.0260. The van der Waals surface area contributed by atoms with Gasteiger partial charge >= 0.3 is 12.1 Å². The molecule has 0 unspecified atom stereocenters. The molecular formula is C29H30FN3O7. The van der Waals surface area contributed by atoms with Gasteiger partial charge in [-0.05, 0) is 37.8 Å². The van der Waals surface area contributed by atoms with E-state index in [1.165, 1.54) is 6.20 Å². The van der Waals surface area contributed by atoms with Gasteiger partial charge in [0, 0.05) is 18.8 Å². The van der Waals surface area contributed by atoms with Crippen molar-refractivity contribution in [2.45, 2.75) is 50.9 Å². The molecule has 2 atom stereocenters. The van der Waals surface area contributed by atoms with E-state index >= 15 is 4.39 Å². The number of esters is 1. The van der Waals surface area contributed by atoms with Crippen molar-refractivity contribution in [2.75, 3.05) is 24.7 Å². The van der Waals surface area contributed by atoms with E-state index < -0.39 is 35.4 Å². The highest BCUT2D eigenvalue weighted by Crippen LogP contribution is 2.41. The zero-order valence-electron chi connectivity index (χ0n) is 22.0. The molecule has 210 valence electrons. The van der Waals surface area contributed by atoms with E-state index in [0.717, 1.165) is 24.5 Å². The second-order valence-corrected chi connectivity index (χ2v) is 9.99. The molecule has 3 aromatic rings. The molecule has 2 heterocycles. The summed E-state index contributed by atoms with van der Waals surface area (Å²) in [5.74, 6) is -1.66. The van der Waals surface area contributed by atoms with Crippen molar-refractivity contribution < 1.29 is 33.4 Å². The lowest BCUT2D eigenvalue weighted by Crippen LogP contribution is -2.38. The molecule has 40 heavy (non-hydrogen) atoms. The van der Waals surface area contributed by atoms with Gasteiger partial charge in [0.25, 0.3) is 0 Å². The van der Waals surface area contributed by atoms with E-state index in [4.69, 9.17) is 9.47 Å².